The van der Waals surface area contributed by atoms with Crippen LogP contribution in [0.3, 0.4) is 0 Å². The van der Waals surface area contributed by atoms with Crippen molar-refractivity contribution < 1.29 is 9.52 Å². The molecule has 0 radical (unpaired) electrons. The molecule has 0 bridgehead atoms. The average molecular weight is 161 g/mol. The van der Waals surface area contributed by atoms with Gasteiger partial charge in [-0.25, -0.2) is 0 Å². The highest BCUT2D eigenvalue weighted by Gasteiger charge is 1.98. The maximum atomic E-state index is 10.6. The van der Waals surface area contributed by atoms with E-state index in [-0.39, 0.29) is 5.88 Å². The van der Waals surface area contributed by atoms with Gasteiger partial charge in [-0.15, -0.1) is 11.6 Å². The lowest BCUT2D eigenvalue weighted by atomic mass is 10.4. The van der Waals surface area contributed by atoms with E-state index >= 15 is 0 Å². The summed E-state index contributed by atoms with van der Waals surface area (Å²) in [5.41, 5.74) is -0.470. The summed E-state index contributed by atoms with van der Waals surface area (Å²) in [6, 6.07) is 1.16. The number of halogens is 1. The van der Waals surface area contributed by atoms with Crippen LogP contribution in [0.15, 0.2) is 21.5 Å². The van der Waals surface area contributed by atoms with E-state index in [1.807, 2.05) is 0 Å². The molecule has 0 aliphatic carbocycles. The molecular formula is C6H5ClO3. The van der Waals surface area contributed by atoms with Crippen LogP contribution in [0.2, 0.25) is 0 Å². The Morgan fingerprint density at radius 2 is 2.40 bits per heavy atom. The molecule has 54 valence electrons. The standard InChI is InChI=1S/C6H5ClO3/c7-2-4-1-5(8)6(9)3-10-4/h1,3,9H,2H2. The highest BCUT2D eigenvalue weighted by atomic mass is 35.5. The second-order valence-electron chi connectivity index (χ2n) is 1.73. The quantitative estimate of drug-likeness (QED) is 0.626. The van der Waals surface area contributed by atoms with Crippen LogP contribution in [0.1, 0.15) is 5.76 Å². The molecule has 1 rings (SSSR count). The van der Waals surface area contributed by atoms with Crippen molar-refractivity contribution in [2.24, 2.45) is 0 Å². The maximum absolute atomic E-state index is 10.6. The first-order chi connectivity index (χ1) is 4.74. The molecule has 1 heterocycles. The van der Waals surface area contributed by atoms with Gasteiger partial charge in [0.05, 0.1) is 5.88 Å². The lowest BCUT2D eigenvalue weighted by Gasteiger charge is -1.91. The Morgan fingerprint density at radius 1 is 1.70 bits per heavy atom. The summed E-state index contributed by atoms with van der Waals surface area (Å²) in [7, 11) is 0. The minimum Gasteiger partial charge on any atom is -0.502 e. The minimum absolute atomic E-state index is 0.134. The second-order valence-corrected chi connectivity index (χ2v) is 2.00. The van der Waals surface area contributed by atoms with Gasteiger partial charge in [-0.1, -0.05) is 0 Å². The van der Waals surface area contributed by atoms with Gasteiger partial charge in [0.15, 0.2) is 5.75 Å². The Balaban J connectivity index is 3.17. The van der Waals surface area contributed by atoms with Crippen LogP contribution < -0.4 is 5.43 Å². The molecule has 10 heavy (non-hydrogen) atoms. The lowest BCUT2D eigenvalue weighted by molar-refractivity contribution is 0.419. The van der Waals surface area contributed by atoms with Crippen molar-refractivity contribution in [3.8, 4) is 5.75 Å². The monoisotopic (exact) mass is 160 g/mol. The zero-order chi connectivity index (χ0) is 7.56. The molecule has 0 unspecified atom stereocenters. The Bertz CT molecular complexity index is 279. The van der Waals surface area contributed by atoms with Gasteiger partial charge in [0.1, 0.15) is 12.0 Å². The molecule has 1 aromatic heterocycles. The van der Waals surface area contributed by atoms with Gasteiger partial charge in [-0.3, -0.25) is 4.79 Å². The van der Waals surface area contributed by atoms with Crippen LogP contribution >= 0.6 is 11.6 Å². The molecule has 0 saturated carbocycles. The van der Waals surface area contributed by atoms with E-state index in [2.05, 4.69) is 0 Å². The Hall–Kier alpha value is -0.960. The number of hydrogen-bond donors (Lipinski definition) is 1. The van der Waals surface area contributed by atoms with Gasteiger partial charge < -0.3 is 9.52 Å². The molecule has 0 amide bonds. The summed E-state index contributed by atoms with van der Waals surface area (Å²) in [6.45, 7) is 0. The molecule has 0 aliphatic heterocycles. The Labute approximate surface area is 61.9 Å². The van der Waals surface area contributed by atoms with Gasteiger partial charge in [-0.05, 0) is 0 Å². The van der Waals surface area contributed by atoms with Gasteiger partial charge in [0.2, 0.25) is 5.43 Å². The van der Waals surface area contributed by atoms with Crippen LogP contribution in [0.4, 0.5) is 0 Å². The predicted molar refractivity (Wildman–Crippen MR) is 36.2 cm³/mol. The Morgan fingerprint density at radius 3 is 2.90 bits per heavy atom. The smallest absolute Gasteiger partial charge is 0.226 e. The first kappa shape index (κ1) is 7.15. The molecule has 1 aromatic rings. The molecule has 0 aromatic carbocycles. The fourth-order valence-corrected chi connectivity index (χ4v) is 0.654. The van der Waals surface area contributed by atoms with E-state index in [0.717, 1.165) is 12.3 Å². The zero-order valence-corrected chi connectivity index (χ0v) is 5.76. The van der Waals surface area contributed by atoms with E-state index in [9.17, 15) is 4.79 Å². The molecule has 0 saturated heterocycles. The zero-order valence-electron chi connectivity index (χ0n) is 5.00. The molecular weight excluding hydrogens is 156 g/mol. The third kappa shape index (κ3) is 1.30. The van der Waals surface area contributed by atoms with Crippen molar-refractivity contribution >= 4 is 11.6 Å². The van der Waals surface area contributed by atoms with Crippen molar-refractivity contribution in [2.75, 3.05) is 0 Å². The highest BCUT2D eigenvalue weighted by molar-refractivity contribution is 6.16. The predicted octanol–water partition coefficient (Wildman–Crippen LogP) is 1.08. The van der Waals surface area contributed by atoms with E-state index in [1.54, 1.807) is 0 Å². The fraction of sp³-hybridized carbons (Fsp3) is 0.167. The summed E-state index contributed by atoms with van der Waals surface area (Å²) < 4.78 is 4.71. The van der Waals surface area contributed by atoms with E-state index in [1.165, 1.54) is 0 Å². The lowest BCUT2D eigenvalue weighted by Crippen LogP contribution is -1.98. The van der Waals surface area contributed by atoms with E-state index < -0.39 is 11.2 Å². The largest absolute Gasteiger partial charge is 0.502 e. The van der Waals surface area contributed by atoms with Gasteiger partial charge in [0, 0.05) is 6.07 Å². The third-order valence-corrected chi connectivity index (χ3v) is 1.26. The third-order valence-electron chi connectivity index (χ3n) is 0.998. The molecule has 0 aliphatic rings. The summed E-state index contributed by atoms with van der Waals surface area (Å²) in [6.07, 6.45) is 0.972. The summed E-state index contributed by atoms with van der Waals surface area (Å²) in [4.78, 5) is 10.6. The Kier molecular flexibility index (Phi) is 1.97. The molecule has 4 heteroatoms. The van der Waals surface area contributed by atoms with Crippen LogP contribution in [-0.4, -0.2) is 5.11 Å². The van der Waals surface area contributed by atoms with Crippen LogP contribution in [0.5, 0.6) is 5.75 Å². The molecule has 0 fully saturated rings. The SMILES string of the molecule is O=c1cc(CCl)occ1O. The fourth-order valence-electron chi connectivity index (χ4n) is 0.514. The summed E-state index contributed by atoms with van der Waals surface area (Å²) in [5, 5.41) is 8.69. The molecule has 0 spiro atoms. The van der Waals surface area contributed by atoms with Crippen LogP contribution in [0.25, 0.3) is 0 Å². The van der Waals surface area contributed by atoms with E-state index in [0.29, 0.717) is 5.76 Å². The van der Waals surface area contributed by atoms with Crippen molar-refractivity contribution in [1.29, 1.82) is 0 Å². The summed E-state index contributed by atoms with van der Waals surface area (Å²) in [5.74, 6) is 0.0912. The van der Waals surface area contributed by atoms with Crippen LogP contribution in [-0.2, 0) is 5.88 Å². The first-order valence-electron chi connectivity index (χ1n) is 2.60. The van der Waals surface area contributed by atoms with Gasteiger partial charge in [0.25, 0.3) is 0 Å². The average Bonchev–Trinajstić information content (AvgIpc) is 1.95. The van der Waals surface area contributed by atoms with Gasteiger partial charge in [-0.2, -0.15) is 0 Å². The van der Waals surface area contributed by atoms with Crippen molar-refractivity contribution in [2.45, 2.75) is 5.88 Å². The highest BCUT2D eigenvalue weighted by Crippen LogP contribution is 2.04. The number of rotatable bonds is 1. The van der Waals surface area contributed by atoms with Crippen molar-refractivity contribution in [3.05, 3.63) is 28.3 Å². The minimum atomic E-state index is -0.470. The topological polar surface area (TPSA) is 50.4 Å². The van der Waals surface area contributed by atoms with Gasteiger partial charge >= 0.3 is 0 Å². The first-order valence-corrected chi connectivity index (χ1v) is 3.14. The molecule has 3 nitrogen and oxygen atoms in total. The number of aromatic hydroxyl groups is 1. The summed E-state index contributed by atoms with van der Waals surface area (Å²) >= 11 is 5.34. The van der Waals surface area contributed by atoms with Crippen molar-refractivity contribution in [1.82, 2.24) is 0 Å². The second kappa shape index (κ2) is 2.75. The normalized spacial score (nSPS) is 9.70. The molecule has 0 atom stereocenters. The van der Waals surface area contributed by atoms with E-state index in [4.69, 9.17) is 21.1 Å². The maximum Gasteiger partial charge on any atom is 0.226 e. The molecule has 1 N–H and O–H groups in total. The number of hydrogen-bond acceptors (Lipinski definition) is 3. The van der Waals surface area contributed by atoms with Crippen LogP contribution in [0, 0.1) is 0 Å². The number of alkyl halides is 1. The van der Waals surface area contributed by atoms with Crippen molar-refractivity contribution in [3.63, 3.8) is 0 Å².